The summed E-state index contributed by atoms with van der Waals surface area (Å²) in [7, 11) is 0. The smallest absolute Gasteiger partial charge is 0.339 e. The Bertz CT molecular complexity index is 931. The minimum Gasteiger partial charge on any atom is -0.449 e. The van der Waals surface area contributed by atoms with Gasteiger partial charge in [0, 0.05) is 10.6 Å². The molecule has 0 N–H and O–H groups in total. The summed E-state index contributed by atoms with van der Waals surface area (Å²) in [6.45, 7) is 0.0359. The highest BCUT2D eigenvalue weighted by Gasteiger charge is 2.08. The minimum atomic E-state index is -0.392. The maximum atomic E-state index is 11.7. The van der Waals surface area contributed by atoms with Gasteiger partial charge in [0.05, 0.1) is 11.3 Å². The molecule has 130 valence electrons. The molecule has 0 aliphatic carbocycles. The average Bonchev–Trinajstić information content (AvgIpc) is 3.14. The van der Waals surface area contributed by atoms with Gasteiger partial charge in [-0.05, 0) is 36.4 Å². The number of esters is 1. The van der Waals surface area contributed by atoms with Gasteiger partial charge in [0.1, 0.15) is 0 Å². The molecule has 1 heterocycles. The lowest BCUT2D eigenvalue weighted by atomic mass is 10.2. The first-order valence-corrected chi connectivity index (χ1v) is 8.99. The van der Waals surface area contributed by atoms with E-state index in [9.17, 15) is 4.79 Å². The van der Waals surface area contributed by atoms with E-state index in [2.05, 4.69) is 22.0 Å². The Labute approximate surface area is 159 Å². The van der Waals surface area contributed by atoms with Gasteiger partial charge in [-0.15, -0.1) is 10.2 Å². The molecule has 5 nitrogen and oxygen atoms in total. The molecule has 2 aromatic carbocycles. The van der Waals surface area contributed by atoms with E-state index in [1.165, 1.54) is 11.8 Å². The molecule has 0 aliphatic heterocycles. The van der Waals surface area contributed by atoms with Gasteiger partial charge in [-0.2, -0.15) is 0 Å². The van der Waals surface area contributed by atoms with Crippen LogP contribution in [-0.4, -0.2) is 28.5 Å². The fraction of sp³-hybridized carbons (Fsp3) is 0.105. The summed E-state index contributed by atoms with van der Waals surface area (Å²) < 4.78 is 10.6. The Balaban J connectivity index is 1.44. The highest BCUT2D eigenvalue weighted by Crippen LogP contribution is 2.23. The van der Waals surface area contributed by atoms with Gasteiger partial charge < -0.3 is 9.15 Å². The third-order valence-corrected chi connectivity index (χ3v) is 4.13. The van der Waals surface area contributed by atoms with Crippen LogP contribution in [0, 0.1) is 11.8 Å². The van der Waals surface area contributed by atoms with Crippen LogP contribution in [0.5, 0.6) is 0 Å². The molecular weight excluding hydrogens is 372 g/mol. The monoisotopic (exact) mass is 384 g/mol. The van der Waals surface area contributed by atoms with Crippen molar-refractivity contribution in [3.05, 3.63) is 65.2 Å². The van der Waals surface area contributed by atoms with E-state index >= 15 is 0 Å². The zero-order valence-electron chi connectivity index (χ0n) is 13.5. The molecule has 0 radical (unpaired) electrons. The van der Waals surface area contributed by atoms with Crippen molar-refractivity contribution in [1.29, 1.82) is 0 Å². The molecule has 7 heteroatoms. The Hall–Kier alpha value is -2.75. The van der Waals surface area contributed by atoms with Crippen LogP contribution >= 0.6 is 23.4 Å². The Morgan fingerprint density at radius 1 is 1.08 bits per heavy atom. The number of hydrogen-bond donors (Lipinski definition) is 0. The Kier molecular flexibility index (Phi) is 6.31. The summed E-state index contributed by atoms with van der Waals surface area (Å²) >= 11 is 7.17. The number of rotatable bonds is 5. The van der Waals surface area contributed by atoms with Crippen LogP contribution in [0.4, 0.5) is 0 Å². The third kappa shape index (κ3) is 5.12. The van der Waals surface area contributed by atoms with Crippen molar-refractivity contribution >= 4 is 29.3 Å². The number of carbonyl (C=O) groups excluding carboxylic acids is 1. The molecule has 26 heavy (non-hydrogen) atoms. The van der Waals surface area contributed by atoms with Crippen LogP contribution in [0.1, 0.15) is 10.4 Å². The van der Waals surface area contributed by atoms with Crippen molar-refractivity contribution in [2.24, 2.45) is 0 Å². The molecular formula is C19H13ClN2O3S. The van der Waals surface area contributed by atoms with Gasteiger partial charge in [0.2, 0.25) is 5.89 Å². The van der Waals surface area contributed by atoms with E-state index in [-0.39, 0.29) is 6.61 Å². The quantitative estimate of drug-likeness (QED) is 0.370. The summed E-state index contributed by atoms with van der Waals surface area (Å²) in [6, 6.07) is 15.9. The molecule has 1 aromatic heterocycles. The second kappa shape index (κ2) is 9.09. The number of aromatic nitrogens is 2. The first kappa shape index (κ1) is 18.1. The first-order valence-electron chi connectivity index (χ1n) is 7.62. The molecule has 3 rings (SSSR count). The molecule has 0 saturated heterocycles. The average molecular weight is 385 g/mol. The van der Waals surface area contributed by atoms with Crippen LogP contribution in [0.25, 0.3) is 11.5 Å². The lowest BCUT2D eigenvalue weighted by Gasteiger charge is -1.99. The Morgan fingerprint density at radius 2 is 1.85 bits per heavy atom. The standard InChI is InChI=1S/C19H13ClN2O3S/c20-16-10-8-14(9-11-16)17-21-22-19(25-17)26-13-5-4-12-24-18(23)15-6-2-1-3-7-15/h1-3,6-11H,12-13H2. The number of carbonyl (C=O) groups is 1. The van der Waals surface area contributed by atoms with Crippen molar-refractivity contribution in [3.63, 3.8) is 0 Å². The molecule has 0 bridgehead atoms. The normalized spacial score (nSPS) is 10.0. The largest absolute Gasteiger partial charge is 0.449 e. The highest BCUT2D eigenvalue weighted by atomic mass is 35.5. The molecule has 0 amide bonds. The molecule has 0 aliphatic rings. The summed E-state index contributed by atoms with van der Waals surface area (Å²) in [5.41, 5.74) is 1.30. The van der Waals surface area contributed by atoms with E-state index in [0.29, 0.717) is 27.5 Å². The predicted octanol–water partition coefficient (Wildman–Crippen LogP) is 4.34. The summed E-state index contributed by atoms with van der Waals surface area (Å²) in [5.74, 6) is 6.15. The summed E-state index contributed by atoms with van der Waals surface area (Å²) in [6.07, 6.45) is 0. The zero-order valence-corrected chi connectivity index (χ0v) is 15.1. The van der Waals surface area contributed by atoms with Crippen molar-refractivity contribution in [2.45, 2.75) is 5.22 Å². The van der Waals surface area contributed by atoms with Gasteiger partial charge in [-0.25, -0.2) is 4.79 Å². The topological polar surface area (TPSA) is 65.2 Å². The van der Waals surface area contributed by atoms with E-state index in [4.69, 9.17) is 20.8 Å². The number of hydrogen-bond acceptors (Lipinski definition) is 6. The summed E-state index contributed by atoms with van der Waals surface area (Å²) in [4.78, 5) is 11.7. The van der Waals surface area contributed by atoms with Crippen molar-refractivity contribution in [1.82, 2.24) is 10.2 Å². The second-order valence-electron chi connectivity index (χ2n) is 4.96. The second-order valence-corrected chi connectivity index (χ2v) is 6.33. The van der Waals surface area contributed by atoms with E-state index < -0.39 is 5.97 Å². The van der Waals surface area contributed by atoms with Gasteiger partial charge in [-0.1, -0.05) is 53.4 Å². The summed E-state index contributed by atoms with van der Waals surface area (Å²) in [5, 5.41) is 9.02. The van der Waals surface area contributed by atoms with E-state index in [0.717, 1.165) is 5.56 Å². The number of halogens is 1. The number of ether oxygens (including phenoxy) is 1. The molecule has 0 unspecified atom stereocenters. The molecule has 0 spiro atoms. The van der Waals surface area contributed by atoms with Crippen molar-refractivity contribution in [3.8, 4) is 23.3 Å². The van der Waals surface area contributed by atoms with E-state index in [1.807, 2.05) is 18.2 Å². The van der Waals surface area contributed by atoms with Gasteiger partial charge in [0.25, 0.3) is 5.22 Å². The maximum absolute atomic E-state index is 11.7. The van der Waals surface area contributed by atoms with E-state index in [1.54, 1.807) is 36.4 Å². The lowest BCUT2D eigenvalue weighted by molar-refractivity contribution is 0.0556. The first-order chi connectivity index (χ1) is 12.7. The van der Waals surface area contributed by atoms with Gasteiger partial charge in [0.15, 0.2) is 6.61 Å². The fourth-order valence-electron chi connectivity index (χ4n) is 1.94. The highest BCUT2D eigenvalue weighted by molar-refractivity contribution is 7.99. The van der Waals surface area contributed by atoms with Gasteiger partial charge in [-0.3, -0.25) is 0 Å². The fourth-order valence-corrected chi connectivity index (χ4v) is 2.60. The van der Waals surface area contributed by atoms with Crippen molar-refractivity contribution in [2.75, 3.05) is 12.4 Å². The van der Waals surface area contributed by atoms with Crippen LogP contribution < -0.4 is 0 Å². The van der Waals surface area contributed by atoms with Crippen LogP contribution in [-0.2, 0) is 4.74 Å². The maximum Gasteiger partial charge on any atom is 0.339 e. The van der Waals surface area contributed by atoms with Gasteiger partial charge >= 0.3 is 5.97 Å². The van der Waals surface area contributed by atoms with Crippen LogP contribution in [0.3, 0.4) is 0 Å². The minimum absolute atomic E-state index is 0.0359. The van der Waals surface area contributed by atoms with Crippen LogP contribution in [0.15, 0.2) is 64.2 Å². The third-order valence-electron chi connectivity index (χ3n) is 3.18. The SMILES string of the molecule is O=C(OCC#CCSc1nnc(-c2ccc(Cl)cc2)o1)c1ccccc1. The van der Waals surface area contributed by atoms with Crippen molar-refractivity contribution < 1.29 is 13.9 Å². The number of nitrogens with zero attached hydrogens (tertiary/aromatic N) is 2. The number of benzene rings is 2. The molecule has 0 saturated carbocycles. The molecule has 0 fully saturated rings. The molecule has 0 atom stereocenters. The molecule has 3 aromatic rings. The van der Waals surface area contributed by atoms with Crippen LogP contribution in [0.2, 0.25) is 5.02 Å². The number of thioether (sulfide) groups is 1. The lowest BCUT2D eigenvalue weighted by Crippen LogP contribution is -2.04. The predicted molar refractivity (Wildman–Crippen MR) is 100.0 cm³/mol. The zero-order chi connectivity index (χ0) is 18.2. The Morgan fingerprint density at radius 3 is 2.62 bits per heavy atom.